The van der Waals surface area contributed by atoms with Crippen LogP contribution in [-0.4, -0.2) is 6.61 Å². The van der Waals surface area contributed by atoms with Gasteiger partial charge in [0.05, 0.1) is 15.9 Å². The van der Waals surface area contributed by atoms with Crippen molar-refractivity contribution in [3.05, 3.63) is 63.1 Å². The van der Waals surface area contributed by atoms with Crippen LogP contribution in [0.4, 0.5) is 0 Å². The number of halogens is 2. The Hall–Kier alpha value is -0.800. The molecule has 0 N–H and O–H groups in total. The topological polar surface area (TPSA) is 9.23 Å². The smallest absolute Gasteiger partial charge is 0.133 e. The van der Waals surface area contributed by atoms with Gasteiger partial charge >= 0.3 is 0 Å². The maximum Gasteiger partial charge on any atom is 0.133 e. The predicted molar refractivity (Wildman–Crippen MR) is 92.0 cm³/mol. The summed E-state index contributed by atoms with van der Waals surface area (Å²) in [6.07, 6.45) is 0. The maximum atomic E-state index is 5.56. The maximum absolute atomic E-state index is 5.56. The van der Waals surface area contributed by atoms with Crippen LogP contribution < -0.4 is 4.74 Å². The quantitative estimate of drug-likeness (QED) is 0.579. The molecule has 0 radical (unpaired) electrons. The van der Waals surface area contributed by atoms with Gasteiger partial charge in [0.2, 0.25) is 0 Å². The lowest BCUT2D eigenvalue weighted by Gasteiger charge is -2.16. The molecule has 0 aromatic heterocycles. The highest BCUT2D eigenvalue weighted by Gasteiger charge is 2.14. The van der Waals surface area contributed by atoms with Crippen LogP contribution in [0, 0.1) is 13.8 Å². The third-order valence-electron chi connectivity index (χ3n) is 3.26. The summed E-state index contributed by atoms with van der Waals surface area (Å²) in [4.78, 5) is 0.189. The highest BCUT2D eigenvalue weighted by Crippen LogP contribution is 2.36. The van der Waals surface area contributed by atoms with Gasteiger partial charge in [-0.3, -0.25) is 0 Å². The van der Waals surface area contributed by atoms with Crippen molar-refractivity contribution < 1.29 is 4.74 Å². The van der Waals surface area contributed by atoms with E-state index in [1.165, 1.54) is 22.3 Å². The summed E-state index contributed by atoms with van der Waals surface area (Å²) in [7, 11) is 0. The molecule has 2 aromatic rings. The molecule has 0 heterocycles. The molecule has 0 saturated carbocycles. The molecule has 0 aliphatic rings. The summed E-state index contributed by atoms with van der Waals surface area (Å²) in [5.74, 6) is 0.886. The number of aryl methyl sites for hydroxylation is 2. The van der Waals surface area contributed by atoms with Crippen molar-refractivity contribution in [2.45, 2.75) is 25.6 Å². The number of hydrogen-bond acceptors (Lipinski definition) is 1. The first-order valence-electron chi connectivity index (χ1n) is 6.66. The number of rotatable bonds is 4. The van der Waals surface area contributed by atoms with Crippen molar-refractivity contribution in [3.63, 3.8) is 0 Å². The van der Waals surface area contributed by atoms with E-state index in [0.29, 0.717) is 6.61 Å². The van der Waals surface area contributed by atoms with Crippen molar-refractivity contribution in [2.24, 2.45) is 0 Å². The molecular formula is C17H18Br2O. The molecule has 20 heavy (non-hydrogen) atoms. The molecule has 2 aromatic carbocycles. The van der Waals surface area contributed by atoms with Crippen LogP contribution in [0.15, 0.2) is 40.9 Å². The SMILES string of the molecule is CCOc1ccc(C(Br)c2cc(C)ccc2C)cc1Br. The third-order valence-corrected chi connectivity index (χ3v) is 4.90. The van der Waals surface area contributed by atoms with Crippen molar-refractivity contribution in [2.75, 3.05) is 6.61 Å². The van der Waals surface area contributed by atoms with Crippen LogP contribution in [0.25, 0.3) is 0 Å². The Balaban J connectivity index is 2.35. The van der Waals surface area contributed by atoms with E-state index in [2.05, 4.69) is 76.0 Å². The van der Waals surface area contributed by atoms with Crippen LogP contribution in [0.3, 0.4) is 0 Å². The lowest BCUT2D eigenvalue weighted by Crippen LogP contribution is -1.98. The second-order valence-corrected chi connectivity index (χ2v) is 6.62. The van der Waals surface area contributed by atoms with Crippen LogP contribution in [0.2, 0.25) is 0 Å². The molecule has 0 aliphatic carbocycles. The summed E-state index contributed by atoms with van der Waals surface area (Å²) in [5, 5.41) is 0. The van der Waals surface area contributed by atoms with Crippen molar-refractivity contribution >= 4 is 31.9 Å². The minimum atomic E-state index is 0.189. The van der Waals surface area contributed by atoms with E-state index >= 15 is 0 Å². The average molecular weight is 398 g/mol. The zero-order chi connectivity index (χ0) is 14.7. The predicted octanol–water partition coefficient (Wildman–Crippen LogP) is 5.95. The van der Waals surface area contributed by atoms with Crippen LogP contribution >= 0.6 is 31.9 Å². The van der Waals surface area contributed by atoms with E-state index in [4.69, 9.17) is 4.74 Å². The Bertz CT molecular complexity index is 608. The molecule has 1 unspecified atom stereocenters. The Kier molecular flexibility index (Phi) is 5.28. The lowest BCUT2D eigenvalue weighted by molar-refractivity contribution is 0.338. The highest BCUT2D eigenvalue weighted by molar-refractivity contribution is 9.10. The molecule has 0 bridgehead atoms. The van der Waals surface area contributed by atoms with E-state index in [1.807, 2.05) is 13.0 Å². The number of ether oxygens (including phenoxy) is 1. The molecule has 3 heteroatoms. The van der Waals surface area contributed by atoms with Gasteiger partial charge in [0.25, 0.3) is 0 Å². The largest absolute Gasteiger partial charge is 0.493 e. The molecule has 106 valence electrons. The molecule has 0 spiro atoms. The minimum absolute atomic E-state index is 0.189. The first-order valence-corrected chi connectivity index (χ1v) is 8.37. The fraction of sp³-hybridized carbons (Fsp3) is 0.294. The van der Waals surface area contributed by atoms with Crippen LogP contribution in [0.5, 0.6) is 5.75 Å². The fourth-order valence-corrected chi connectivity index (χ4v) is 3.45. The average Bonchev–Trinajstić information content (AvgIpc) is 2.43. The van der Waals surface area contributed by atoms with Gasteiger partial charge < -0.3 is 4.74 Å². The van der Waals surface area contributed by atoms with Crippen molar-refractivity contribution in [1.29, 1.82) is 0 Å². The van der Waals surface area contributed by atoms with Gasteiger partial charge in [-0.2, -0.15) is 0 Å². The third kappa shape index (κ3) is 3.44. The normalized spacial score (nSPS) is 12.2. The lowest BCUT2D eigenvalue weighted by atomic mass is 9.98. The fourth-order valence-electron chi connectivity index (χ4n) is 2.16. The van der Waals surface area contributed by atoms with Gasteiger partial charge in [-0.15, -0.1) is 0 Å². The Labute approximate surface area is 137 Å². The van der Waals surface area contributed by atoms with E-state index < -0.39 is 0 Å². The van der Waals surface area contributed by atoms with Crippen molar-refractivity contribution in [3.8, 4) is 5.75 Å². The number of alkyl halides is 1. The summed E-state index contributed by atoms with van der Waals surface area (Å²) in [6, 6.07) is 12.8. The van der Waals surface area contributed by atoms with Gasteiger partial charge in [0.15, 0.2) is 0 Å². The molecule has 0 aliphatic heterocycles. The molecule has 2 rings (SSSR count). The summed E-state index contributed by atoms with van der Waals surface area (Å²) < 4.78 is 6.55. The zero-order valence-electron chi connectivity index (χ0n) is 11.9. The van der Waals surface area contributed by atoms with E-state index in [9.17, 15) is 0 Å². The number of hydrogen-bond donors (Lipinski definition) is 0. The van der Waals surface area contributed by atoms with Gasteiger partial charge in [0.1, 0.15) is 5.75 Å². The molecule has 0 fully saturated rings. The molecule has 0 saturated heterocycles. The standard InChI is InChI=1S/C17H18Br2O/c1-4-20-16-8-7-13(10-15(16)18)17(19)14-9-11(2)5-6-12(14)3/h5-10,17H,4H2,1-3H3. The van der Waals surface area contributed by atoms with Gasteiger partial charge in [-0.05, 0) is 65.5 Å². The molecule has 1 nitrogen and oxygen atoms in total. The number of benzene rings is 2. The highest BCUT2D eigenvalue weighted by atomic mass is 79.9. The summed E-state index contributed by atoms with van der Waals surface area (Å²) in [6.45, 7) is 6.93. The van der Waals surface area contributed by atoms with Crippen LogP contribution in [0.1, 0.15) is 34.0 Å². The first kappa shape index (κ1) is 15.6. The minimum Gasteiger partial charge on any atom is -0.493 e. The Morgan fingerprint density at radius 2 is 1.85 bits per heavy atom. The van der Waals surface area contributed by atoms with Gasteiger partial charge in [-0.1, -0.05) is 45.8 Å². The van der Waals surface area contributed by atoms with E-state index in [-0.39, 0.29) is 4.83 Å². The van der Waals surface area contributed by atoms with Gasteiger partial charge in [-0.25, -0.2) is 0 Å². The second-order valence-electron chi connectivity index (χ2n) is 4.85. The Morgan fingerprint density at radius 3 is 2.50 bits per heavy atom. The second kappa shape index (κ2) is 6.77. The van der Waals surface area contributed by atoms with Crippen molar-refractivity contribution in [1.82, 2.24) is 0 Å². The van der Waals surface area contributed by atoms with E-state index in [0.717, 1.165) is 10.2 Å². The van der Waals surface area contributed by atoms with E-state index in [1.54, 1.807) is 0 Å². The summed E-state index contributed by atoms with van der Waals surface area (Å²) in [5.41, 5.74) is 5.10. The monoisotopic (exact) mass is 396 g/mol. The molecule has 1 atom stereocenters. The van der Waals surface area contributed by atoms with Crippen LogP contribution in [-0.2, 0) is 0 Å². The zero-order valence-corrected chi connectivity index (χ0v) is 15.1. The van der Waals surface area contributed by atoms with Gasteiger partial charge in [0, 0.05) is 0 Å². The summed E-state index contributed by atoms with van der Waals surface area (Å²) >= 11 is 7.39. The Morgan fingerprint density at radius 1 is 1.10 bits per heavy atom. The first-order chi connectivity index (χ1) is 9.52. The molecule has 0 amide bonds. The molecular weight excluding hydrogens is 380 g/mol.